The van der Waals surface area contributed by atoms with Gasteiger partial charge < -0.3 is 9.67 Å². The molecule has 1 heterocycles. The summed E-state index contributed by atoms with van der Waals surface area (Å²) >= 11 is 1.39. The molecule has 0 aliphatic heterocycles. The van der Waals surface area contributed by atoms with Crippen molar-refractivity contribution in [3.8, 4) is 0 Å². The number of rotatable bonds is 3. The summed E-state index contributed by atoms with van der Waals surface area (Å²) in [5.74, 6) is -0.701. The van der Waals surface area contributed by atoms with Crippen molar-refractivity contribution >= 4 is 17.7 Å². The van der Waals surface area contributed by atoms with Gasteiger partial charge in [0.05, 0.1) is 0 Å². The second-order valence-corrected chi connectivity index (χ2v) is 5.28. The molecular weight excluding hydrogens is 212 g/mol. The Hall–Kier alpha value is -0.970. The van der Waals surface area contributed by atoms with Crippen LogP contribution in [0.5, 0.6) is 0 Å². The first-order chi connectivity index (χ1) is 7.14. The van der Waals surface area contributed by atoms with Crippen LogP contribution < -0.4 is 0 Å². The maximum atomic E-state index is 11.3. The third kappa shape index (κ3) is 1.88. The molecule has 1 fully saturated rings. The molecule has 0 spiro atoms. The van der Waals surface area contributed by atoms with E-state index in [0.29, 0.717) is 0 Å². The molecular formula is C10H14N2O2S. The molecule has 0 aromatic carbocycles. The van der Waals surface area contributed by atoms with E-state index in [1.165, 1.54) is 11.8 Å². The molecule has 0 unspecified atom stereocenters. The van der Waals surface area contributed by atoms with Crippen molar-refractivity contribution in [2.45, 2.75) is 35.6 Å². The Bertz CT molecular complexity index is 369. The minimum absolute atomic E-state index is 0.640. The summed E-state index contributed by atoms with van der Waals surface area (Å²) in [7, 11) is 1.89. The third-order valence-corrected chi connectivity index (χ3v) is 4.41. The number of carbonyl (C=O) groups is 1. The Morgan fingerprint density at radius 3 is 2.73 bits per heavy atom. The highest BCUT2D eigenvalue weighted by molar-refractivity contribution is 8.01. The first-order valence-electron chi connectivity index (χ1n) is 5.04. The molecule has 1 aliphatic carbocycles. The fraction of sp³-hybridized carbons (Fsp3) is 0.600. The van der Waals surface area contributed by atoms with Gasteiger partial charge in [0, 0.05) is 19.4 Å². The Kier molecular flexibility index (Phi) is 2.73. The number of hydrogen-bond acceptors (Lipinski definition) is 3. The molecule has 4 nitrogen and oxygen atoms in total. The summed E-state index contributed by atoms with van der Waals surface area (Å²) in [5, 5.41) is 10.1. The summed E-state index contributed by atoms with van der Waals surface area (Å²) in [6, 6.07) is 0. The van der Waals surface area contributed by atoms with Crippen molar-refractivity contribution in [3.05, 3.63) is 12.4 Å². The van der Waals surface area contributed by atoms with Crippen molar-refractivity contribution in [1.82, 2.24) is 9.55 Å². The molecule has 15 heavy (non-hydrogen) atoms. The molecule has 0 radical (unpaired) electrons. The van der Waals surface area contributed by atoms with Crippen LogP contribution in [0.2, 0.25) is 0 Å². The monoisotopic (exact) mass is 226 g/mol. The molecule has 5 heteroatoms. The Labute approximate surface area is 92.7 Å². The second kappa shape index (κ2) is 3.89. The topological polar surface area (TPSA) is 55.1 Å². The predicted octanol–water partition coefficient (Wildman–Crippen LogP) is 1.91. The van der Waals surface area contributed by atoms with E-state index in [9.17, 15) is 9.90 Å². The average molecular weight is 226 g/mol. The maximum absolute atomic E-state index is 11.3. The minimum Gasteiger partial charge on any atom is -0.480 e. The van der Waals surface area contributed by atoms with Gasteiger partial charge in [-0.15, -0.1) is 0 Å². The number of thioether (sulfide) groups is 1. The van der Waals surface area contributed by atoms with Crippen LogP contribution in [0.15, 0.2) is 17.6 Å². The summed E-state index contributed by atoms with van der Waals surface area (Å²) < 4.78 is 1.23. The number of carboxylic acid groups (broad SMARTS) is 1. The Morgan fingerprint density at radius 2 is 2.27 bits per heavy atom. The number of carboxylic acids is 1. The molecule has 0 amide bonds. The summed E-state index contributed by atoms with van der Waals surface area (Å²) in [4.78, 5) is 15.5. The first-order valence-corrected chi connectivity index (χ1v) is 5.85. The van der Waals surface area contributed by atoms with Gasteiger partial charge in [0.2, 0.25) is 0 Å². The van der Waals surface area contributed by atoms with Gasteiger partial charge in [0.25, 0.3) is 0 Å². The van der Waals surface area contributed by atoms with Gasteiger partial charge in [-0.2, -0.15) is 0 Å². The quantitative estimate of drug-likeness (QED) is 0.855. The zero-order valence-corrected chi connectivity index (χ0v) is 9.46. The van der Waals surface area contributed by atoms with E-state index in [1.807, 2.05) is 17.8 Å². The number of aliphatic carboxylic acids is 1. The maximum Gasteiger partial charge on any atom is 0.320 e. The van der Waals surface area contributed by atoms with Crippen LogP contribution in [0.4, 0.5) is 0 Å². The second-order valence-electron chi connectivity index (χ2n) is 3.93. The van der Waals surface area contributed by atoms with E-state index >= 15 is 0 Å². The molecule has 2 rings (SSSR count). The van der Waals surface area contributed by atoms with Gasteiger partial charge >= 0.3 is 5.97 Å². The highest BCUT2D eigenvalue weighted by Gasteiger charge is 2.43. The van der Waals surface area contributed by atoms with Gasteiger partial charge in [-0.3, -0.25) is 4.79 Å². The van der Waals surface area contributed by atoms with E-state index in [4.69, 9.17) is 0 Å². The minimum atomic E-state index is -0.701. The van der Waals surface area contributed by atoms with E-state index < -0.39 is 10.7 Å². The Balaban J connectivity index is 2.21. The number of hydrogen-bond donors (Lipinski definition) is 1. The van der Waals surface area contributed by atoms with Crippen LogP contribution in [0.1, 0.15) is 25.7 Å². The van der Waals surface area contributed by atoms with Crippen LogP contribution in [-0.2, 0) is 11.8 Å². The van der Waals surface area contributed by atoms with Gasteiger partial charge in [-0.05, 0) is 12.8 Å². The van der Waals surface area contributed by atoms with Crippen molar-refractivity contribution in [3.63, 3.8) is 0 Å². The molecule has 1 N–H and O–H groups in total. The molecule has 0 bridgehead atoms. The fourth-order valence-corrected chi connectivity index (χ4v) is 3.18. The lowest BCUT2D eigenvalue weighted by atomic mass is 10.1. The van der Waals surface area contributed by atoms with E-state index in [2.05, 4.69) is 4.98 Å². The first kappa shape index (κ1) is 10.5. The Morgan fingerprint density at radius 1 is 1.60 bits per heavy atom. The molecule has 0 atom stereocenters. The molecule has 1 aromatic heterocycles. The SMILES string of the molecule is Cn1ccnc1SC1(C(=O)O)CCCC1. The van der Waals surface area contributed by atoms with Crippen LogP contribution >= 0.6 is 11.8 Å². The van der Waals surface area contributed by atoms with Gasteiger partial charge in [0.15, 0.2) is 5.16 Å². The van der Waals surface area contributed by atoms with Crippen molar-refractivity contribution in [2.75, 3.05) is 0 Å². The lowest BCUT2D eigenvalue weighted by Crippen LogP contribution is -2.31. The molecule has 0 saturated heterocycles. The zero-order valence-electron chi connectivity index (χ0n) is 8.64. The van der Waals surface area contributed by atoms with Crippen LogP contribution in [0.25, 0.3) is 0 Å². The highest BCUT2D eigenvalue weighted by Crippen LogP contribution is 2.44. The lowest BCUT2D eigenvalue weighted by Gasteiger charge is -2.22. The third-order valence-electron chi connectivity index (χ3n) is 2.86. The van der Waals surface area contributed by atoms with Crippen LogP contribution in [0, 0.1) is 0 Å². The molecule has 1 aromatic rings. The number of aromatic nitrogens is 2. The zero-order chi connectivity index (χ0) is 10.9. The van der Waals surface area contributed by atoms with E-state index in [0.717, 1.165) is 30.8 Å². The largest absolute Gasteiger partial charge is 0.480 e. The highest BCUT2D eigenvalue weighted by atomic mass is 32.2. The van der Waals surface area contributed by atoms with E-state index in [-0.39, 0.29) is 0 Å². The predicted molar refractivity (Wildman–Crippen MR) is 57.9 cm³/mol. The molecule has 82 valence electrons. The number of nitrogens with zero attached hydrogens (tertiary/aromatic N) is 2. The fourth-order valence-electron chi connectivity index (χ4n) is 1.93. The van der Waals surface area contributed by atoms with Crippen molar-refractivity contribution < 1.29 is 9.90 Å². The van der Waals surface area contributed by atoms with Gasteiger partial charge in [0.1, 0.15) is 4.75 Å². The normalized spacial score (nSPS) is 19.3. The lowest BCUT2D eigenvalue weighted by molar-refractivity contribution is -0.139. The standard InChI is InChI=1S/C10H14N2O2S/c1-12-7-6-11-9(12)15-10(8(13)14)4-2-3-5-10/h6-7H,2-5H2,1H3,(H,13,14). The summed E-state index contributed by atoms with van der Waals surface area (Å²) in [6.07, 6.45) is 7.05. The number of imidazole rings is 1. The van der Waals surface area contributed by atoms with Gasteiger partial charge in [-0.25, -0.2) is 4.98 Å². The summed E-state index contributed by atoms with van der Waals surface area (Å²) in [6.45, 7) is 0. The van der Waals surface area contributed by atoms with Crippen molar-refractivity contribution in [2.24, 2.45) is 7.05 Å². The van der Waals surface area contributed by atoms with Crippen LogP contribution in [-0.4, -0.2) is 25.4 Å². The van der Waals surface area contributed by atoms with E-state index in [1.54, 1.807) is 6.20 Å². The number of aryl methyl sites for hydroxylation is 1. The smallest absolute Gasteiger partial charge is 0.320 e. The molecule has 1 saturated carbocycles. The summed E-state index contributed by atoms with van der Waals surface area (Å²) in [5.41, 5.74) is 0. The van der Waals surface area contributed by atoms with Crippen LogP contribution in [0.3, 0.4) is 0 Å². The van der Waals surface area contributed by atoms with Crippen molar-refractivity contribution in [1.29, 1.82) is 0 Å². The average Bonchev–Trinajstić information content (AvgIpc) is 2.78. The molecule has 1 aliphatic rings. The van der Waals surface area contributed by atoms with Gasteiger partial charge in [-0.1, -0.05) is 24.6 Å².